The highest BCUT2D eigenvalue weighted by atomic mass is 16.5. The molecule has 0 radical (unpaired) electrons. The van der Waals surface area contributed by atoms with Crippen LogP contribution in [0.1, 0.15) is 37.2 Å². The Bertz CT molecular complexity index is 496. The monoisotopic (exact) mass is 279 g/mol. The highest BCUT2D eigenvalue weighted by Gasteiger charge is 2.39. The van der Waals surface area contributed by atoms with Crippen molar-refractivity contribution in [3.8, 4) is 11.8 Å². The van der Waals surface area contributed by atoms with Crippen LogP contribution in [0.3, 0.4) is 0 Å². The van der Waals surface area contributed by atoms with Gasteiger partial charge in [0, 0.05) is 0 Å². The Morgan fingerprint density at radius 2 is 1.90 bits per heavy atom. The molecule has 0 atom stereocenters. The van der Waals surface area contributed by atoms with Crippen molar-refractivity contribution in [3.63, 3.8) is 0 Å². The highest BCUT2D eigenvalue weighted by molar-refractivity contribution is 6.02. The van der Waals surface area contributed by atoms with E-state index in [2.05, 4.69) is 14.9 Å². The van der Waals surface area contributed by atoms with Crippen LogP contribution >= 0.6 is 0 Å². The summed E-state index contributed by atoms with van der Waals surface area (Å²) >= 11 is 0. The molecule has 1 aromatic heterocycles. The van der Waals surface area contributed by atoms with E-state index >= 15 is 0 Å². The third-order valence-corrected chi connectivity index (χ3v) is 3.79. The van der Waals surface area contributed by atoms with Crippen molar-refractivity contribution in [1.82, 2.24) is 14.9 Å². The number of carbonyl (C=O) groups excluding carboxylic acids is 1. The minimum absolute atomic E-state index is 0.0774. The molecule has 110 valence electrons. The largest absolute Gasteiger partial charge is 0.480 e. The van der Waals surface area contributed by atoms with Gasteiger partial charge in [-0.1, -0.05) is 0 Å². The summed E-state index contributed by atoms with van der Waals surface area (Å²) in [5.41, 5.74) is -0.349. The lowest BCUT2D eigenvalue weighted by Crippen LogP contribution is -2.49. The van der Waals surface area contributed by atoms with E-state index in [1.165, 1.54) is 20.4 Å². The van der Waals surface area contributed by atoms with Gasteiger partial charge in [0.05, 0.1) is 26.0 Å². The number of likely N-dealkylation sites (tertiary alicyclic amines) is 1. The molecule has 1 aromatic rings. The van der Waals surface area contributed by atoms with Gasteiger partial charge in [-0.2, -0.15) is 4.98 Å². The molecule has 20 heavy (non-hydrogen) atoms. The van der Waals surface area contributed by atoms with Crippen molar-refractivity contribution in [2.75, 3.05) is 27.3 Å². The molecule has 0 aromatic carbocycles. The lowest BCUT2D eigenvalue weighted by molar-refractivity contribution is 0.0692. The SMILES string of the molecule is COc1cnc(C(=O)C(C)(C)N2CCCC2)c(OC)n1. The number of aromatic nitrogens is 2. The van der Waals surface area contributed by atoms with Crippen LogP contribution < -0.4 is 9.47 Å². The maximum absolute atomic E-state index is 12.8. The Morgan fingerprint density at radius 3 is 2.45 bits per heavy atom. The Balaban J connectivity index is 2.32. The van der Waals surface area contributed by atoms with Crippen molar-refractivity contribution in [2.45, 2.75) is 32.2 Å². The predicted octanol–water partition coefficient (Wildman–Crippen LogP) is 1.55. The molecule has 2 rings (SSSR count). The van der Waals surface area contributed by atoms with Gasteiger partial charge in [-0.15, -0.1) is 0 Å². The van der Waals surface area contributed by atoms with Crippen LogP contribution in [0.25, 0.3) is 0 Å². The molecule has 1 saturated heterocycles. The van der Waals surface area contributed by atoms with Gasteiger partial charge in [0.15, 0.2) is 5.69 Å². The lowest BCUT2D eigenvalue weighted by atomic mass is 9.94. The number of rotatable bonds is 5. The Labute approximate surface area is 119 Å². The van der Waals surface area contributed by atoms with E-state index in [-0.39, 0.29) is 17.4 Å². The number of ketones is 1. The number of hydrogen-bond donors (Lipinski definition) is 0. The second-order valence-corrected chi connectivity index (χ2v) is 5.35. The molecule has 0 amide bonds. The fourth-order valence-electron chi connectivity index (χ4n) is 2.46. The number of hydrogen-bond acceptors (Lipinski definition) is 6. The van der Waals surface area contributed by atoms with Crippen molar-refractivity contribution < 1.29 is 14.3 Å². The van der Waals surface area contributed by atoms with Gasteiger partial charge in [0.25, 0.3) is 0 Å². The zero-order chi connectivity index (χ0) is 14.8. The summed E-state index contributed by atoms with van der Waals surface area (Å²) in [4.78, 5) is 23.2. The number of carbonyl (C=O) groups is 1. The van der Waals surface area contributed by atoms with Gasteiger partial charge >= 0.3 is 0 Å². The summed E-state index contributed by atoms with van der Waals surface area (Å²) in [6.07, 6.45) is 3.69. The van der Waals surface area contributed by atoms with E-state index < -0.39 is 5.54 Å². The molecule has 6 heteroatoms. The zero-order valence-electron chi connectivity index (χ0n) is 12.5. The topological polar surface area (TPSA) is 64.5 Å². The average molecular weight is 279 g/mol. The molecule has 0 unspecified atom stereocenters. The van der Waals surface area contributed by atoms with Crippen molar-refractivity contribution in [3.05, 3.63) is 11.9 Å². The molecule has 2 heterocycles. The number of methoxy groups -OCH3 is 2. The van der Waals surface area contributed by atoms with Crippen LogP contribution in [0.5, 0.6) is 11.8 Å². The summed E-state index contributed by atoms with van der Waals surface area (Å²) in [6.45, 7) is 5.72. The number of Topliss-reactive ketones (excluding diaryl/α,β-unsaturated/α-hetero) is 1. The summed E-state index contributed by atoms with van der Waals surface area (Å²) in [6, 6.07) is 0. The fourth-order valence-corrected chi connectivity index (χ4v) is 2.46. The molecule has 0 spiro atoms. The first-order chi connectivity index (χ1) is 9.50. The minimum atomic E-state index is -0.604. The first-order valence-corrected chi connectivity index (χ1v) is 6.75. The molecule has 6 nitrogen and oxygen atoms in total. The Hall–Kier alpha value is -1.69. The van der Waals surface area contributed by atoms with E-state index in [9.17, 15) is 4.79 Å². The van der Waals surface area contributed by atoms with Crippen LogP contribution in [0.15, 0.2) is 6.20 Å². The lowest BCUT2D eigenvalue weighted by Gasteiger charge is -2.33. The molecule has 1 aliphatic rings. The Morgan fingerprint density at radius 1 is 1.25 bits per heavy atom. The minimum Gasteiger partial charge on any atom is -0.480 e. The first kappa shape index (κ1) is 14.7. The zero-order valence-corrected chi connectivity index (χ0v) is 12.5. The van der Waals surface area contributed by atoms with E-state index in [0.29, 0.717) is 5.88 Å². The van der Waals surface area contributed by atoms with Gasteiger partial charge in [-0.05, 0) is 39.8 Å². The summed E-state index contributed by atoms with van der Waals surface area (Å²) in [5.74, 6) is 0.463. The van der Waals surface area contributed by atoms with Crippen LogP contribution in [0, 0.1) is 0 Å². The highest BCUT2D eigenvalue weighted by Crippen LogP contribution is 2.27. The molecule has 0 bridgehead atoms. The normalized spacial score (nSPS) is 16.2. The smallest absolute Gasteiger partial charge is 0.246 e. The van der Waals surface area contributed by atoms with Crippen LogP contribution in [-0.2, 0) is 0 Å². The molecule has 0 N–H and O–H groups in total. The number of nitrogens with zero attached hydrogens (tertiary/aromatic N) is 3. The van der Waals surface area contributed by atoms with Gasteiger partial charge in [-0.3, -0.25) is 9.69 Å². The second kappa shape index (κ2) is 5.75. The van der Waals surface area contributed by atoms with Gasteiger partial charge in [-0.25, -0.2) is 4.98 Å². The fraction of sp³-hybridized carbons (Fsp3) is 0.643. The van der Waals surface area contributed by atoms with Crippen LogP contribution in [0.2, 0.25) is 0 Å². The van der Waals surface area contributed by atoms with Crippen LogP contribution in [0.4, 0.5) is 0 Å². The third-order valence-electron chi connectivity index (χ3n) is 3.79. The molecule has 1 aliphatic heterocycles. The average Bonchev–Trinajstić information content (AvgIpc) is 3.00. The van der Waals surface area contributed by atoms with E-state index in [1.807, 2.05) is 13.8 Å². The Kier molecular flexibility index (Phi) is 4.23. The molecular formula is C14H21N3O3. The molecule has 1 fully saturated rings. The molecule has 0 aliphatic carbocycles. The molecule has 0 saturated carbocycles. The summed E-state index contributed by atoms with van der Waals surface area (Å²) in [7, 11) is 2.97. The van der Waals surface area contributed by atoms with Crippen molar-refractivity contribution in [2.24, 2.45) is 0 Å². The summed E-state index contributed by atoms with van der Waals surface area (Å²) < 4.78 is 10.2. The van der Waals surface area contributed by atoms with Crippen LogP contribution in [-0.4, -0.2) is 53.5 Å². The standard InChI is InChI=1S/C14H21N3O3/c1-14(2,17-7-5-6-8-17)12(18)11-13(20-4)16-10(19-3)9-15-11/h9H,5-8H2,1-4H3. The third kappa shape index (κ3) is 2.60. The maximum Gasteiger partial charge on any atom is 0.246 e. The number of ether oxygens (including phenoxy) is 2. The van der Waals surface area contributed by atoms with Crippen molar-refractivity contribution in [1.29, 1.82) is 0 Å². The van der Waals surface area contributed by atoms with Gasteiger partial charge < -0.3 is 9.47 Å². The quantitative estimate of drug-likeness (QED) is 0.762. The predicted molar refractivity (Wildman–Crippen MR) is 74.4 cm³/mol. The van der Waals surface area contributed by atoms with Crippen molar-refractivity contribution >= 4 is 5.78 Å². The summed E-state index contributed by atoms with van der Waals surface area (Å²) in [5, 5.41) is 0. The van der Waals surface area contributed by atoms with E-state index in [1.54, 1.807) is 0 Å². The van der Waals surface area contributed by atoms with Gasteiger partial charge in [0.2, 0.25) is 17.5 Å². The first-order valence-electron chi connectivity index (χ1n) is 6.75. The molecular weight excluding hydrogens is 258 g/mol. The van der Waals surface area contributed by atoms with Gasteiger partial charge in [0.1, 0.15) is 0 Å². The maximum atomic E-state index is 12.8. The van der Waals surface area contributed by atoms with E-state index in [4.69, 9.17) is 9.47 Å². The second-order valence-electron chi connectivity index (χ2n) is 5.35. The van der Waals surface area contributed by atoms with E-state index in [0.717, 1.165) is 25.9 Å².